The van der Waals surface area contributed by atoms with Gasteiger partial charge in [0.15, 0.2) is 0 Å². The van der Waals surface area contributed by atoms with E-state index in [0.717, 1.165) is 12.3 Å². The van der Waals surface area contributed by atoms with Crippen molar-refractivity contribution in [3.8, 4) is 0 Å². The molecule has 3 nitrogen and oxygen atoms in total. The van der Waals surface area contributed by atoms with Crippen LogP contribution < -0.4 is 5.73 Å². The van der Waals surface area contributed by atoms with Crippen molar-refractivity contribution in [2.45, 2.75) is 19.3 Å². The van der Waals surface area contributed by atoms with Gasteiger partial charge in [-0.1, -0.05) is 0 Å². The summed E-state index contributed by atoms with van der Waals surface area (Å²) in [6.07, 6.45) is 7.50. The van der Waals surface area contributed by atoms with E-state index in [1.54, 1.807) is 0 Å². The van der Waals surface area contributed by atoms with Gasteiger partial charge in [0.05, 0.1) is 0 Å². The molecule has 0 amide bonds. The van der Waals surface area contributed by atoms with Crippen molar-refractivity contribution in [2.75, 3.05) is 5.73 Å². The van der Waals surface area contributed by atoms with Crippen molar-refractivity contribution in [1.82, 2.24) is 9.97 Å². The van der Waals surface area contributed by atoms with Crippen LogP contribution in [0.3, 0.4) is 0 Å². The lowest BCUT2D eigenvalue weighted by Crippen LogP contribution is -1.96. The van der Waals surface area contributed by atoms with Crippen molar-refractivity contribution in [1.29, 1.82) is 0 Å². The van der Waals surface area contributed by atoms with E-state index in [-0.39, 0.29) is 0 Å². The van der Waals surface area contributed by atoms with Crippen molar-refractivity contribution in [3.05, 3.63) is 18.0 Å². The Morgan fingerprint density at radius 2 is 2.00 bits per heavy atom. The summed E-state index contributed by atoms with van der Waals surface area (Å²) in [6, 6.07) is 0. The van der Waals surface area contributed by atoms with Crippen LogP contribution >= 0.6 is 0 Å². The van der Waals surface area contributed by atoms with Gasteiger partial charge < -0.3 is 5.73 Å². The van der Waals surface area contributed by atoms with Crippen LogP contribution in [0.2, 0.25) is 0 Å². The zero-order valence-electron chi connectivity index (χ0n) is 6.33. The summed E-state index contributed by atoms with van der Waals surface area (Å²) in [5.41, 5.74) is 6.56. The maximum absolute atomic E-state index is 5.35. The summed E-state index contributed by atoms with van der Waals surface area (Å²) in [5.74, 6) is 1.26. The Morgan fingerprint density at radius 3 is 2.55 bits per heavy atom. The predicted octanol–water partition coefficient (Wildman–Crippen LogP) is 1.01. The second-order valence-corrected chi connectivity index (χ2v) is 3.10. The van der Waals surface area contributed by atoms with E-state index in [0.29, 0.717) is 5.95 Å². The summed E-state index contributed by atoms with van der Waals surface area (Å²) in [5, 5.41) is 0. The Morgan fingerprint density at radius 1 is 1.36 bits per heavy atom. The molecule has 1 fully saturated rings. The highest BCUT2D eigenvalue weighted by molar-refractivity contribution is 5.17. The molecule has 0 saturated heterocycles. The molecule has 1 heterocycles. The molecule has 1 saturated carbocycles. The van der Waals surface area contributed by atoms with Crippen LogP contribution in [-0.4, -0.2) is 9.97 Å². The number of anilines is 1. The molecule has 1 aromatic rings. The Balaban J connectivity index is 2.06. The monoisotopic (exact) mass is 149 g/mol. The van der Waals surface area contributed by atoms with E-state index in [1.807, 2.05) is 12.4 Å². The first-order chi connectivity index (χ1) is 5.34. The standard InChI is InChI=1S/C8H11N3/c9-8-10-4-7(5-11-8)3-6-1-2-6/h4-6H,1-3H2,(H2,9,10,11). The van der Waals surface area contributed by atoms with Gasteiger partial charge >= 0.3 is 0 Å². The maximum Gasteiger partial charge on any atom is 0.219 e. The molecule has 0 bridgehead atoms. The fourth-order valence-corrected chi connectivity index (χ4v) is 1.13. The zero-order valence-corrected chi connectivity index (χ0v) is 6.33. The van der Waals surface area contributed by atoms with E-state index < -0.39 is 0 Å². The Bertz CT molecular complexity index is 238. The SMILES string of the molecule is Nc1ncc(CC2CC2)cn1. The third kappa shape index (κ3) is 1.67. The minimum absolute atomic E-state index is 0.365. The number of hydrogen-bond donors (Lipinski definition) is 1. The molecule has 0 radical (unpaired) electrons. The van der Waals surface area contributed by atoms with Crippen molar-refractivity contribution in [2.24, 2.45) is 5.92 Å². The van der Waals surface area contributed by atoms with E-state index in [9.17, 15) is 0 Å². The number of nitrogens with zero attached hydrogens (tertiary/aromatic N) is 2. The van der Waals surface area contributed by atoms with Crippen LogP contribution in [0.5, 0.6) is 0 Å². The Kier molecular flexibility index (Phi) is 1.49. The van der Waals surface area contributed by atoms with Gasteiger partial charge in [0.1, 0.15) is 0 Å². The molecule has 1 aromatic heterocycles. The molecule has 0 aromatic carbocycles. The van der Waals surface area contributed by atoms with Crippen LogP contribution in [0.1, 0.15) is 18.4 Å². The molecule has 3 heteroatoms. The van der Waals surface area contributed by atoms with Crippen LogP contribution in [0.4, 0.5) is 5.95 Å². The minimum atomic E-state index is 0.365. The minimum Gasteiger partial charge on any atom is -0.368 e. The summed E-state index contributed by atoms with van der Waals surface area (Å²) >= 11 is 0. The second kappa shape index (κ2) is 2.49. The molecular formula is C8H11N3. The third-order valence-corrected chi connectivity index (χ3v) is 1.95. The van der Waals surface area contributed by atoms with Gasteiger partial charge in [-0.15, -0.1) is 0 Å². The predicted molar refractivity (Wildman–Crippen MR) is 42.9 cm³/mol. The first kappa shape index (κ1) is 6.58. The smallest absolute Gasteiger partial charge is 0.219 e. The molecule has 11 heavy (non-hydrogen) atoms. The van der Waals surface area contributed by atoms with E-state index >= 15 is 0 Å². The molecule has 58 valence electrons. The van der Waals surface area contributed by atoms with Crippen LogP contribution in [-0.2, 0) is 6.42 Å². The van der Waals surface area contributed by atoms with Crippen LogP contribution in [0, 0.1) is 5.92 Å². The summed E-state index contributed by atoms with van der Waals surface area (Å²) in [4.78, 5) is 7.85. The largest absolute Gasteiger partial charge is 0.368 e. The summed E-state index contributed by atoms with van der Waals surface area (Å²) < 4.78 is 0. The number of hydrogen-bond acceptors (Lipinski definition) is 3. The van der Waals surface area contributed by atoms with E-state index in [1.165, 1.54) is 18.4 Å². The van der Waals surface area contributed by atoms with Gasteiger partial charge in [-0.25, -0.2) is 9.97 Å². The highest BCUT2D eigenvalue weighted by atomic mass is 15.0. The highest BCUT2D eigenvalue weighted by Crippen LogP contribution is 2.32. The average Bonchev–Trinajstić information content (AvgIpc) is 2.78. The first-order valence-corrected chi connectivity index (χ1v) is 3.91. The van der Waals surface area contributed by atoms with Crippen molar-refractivity contribution < 1.29 is 0 Å². The molecule has 1 aliphatic carbocycles. The van der Waals surface area contributed by atoms with Gasteiger partial charge in [0.25, 0.3) is 0 Å². The zero-order chi connectivity index (χ0) is 7.68. The van der Waals surface area contributed by atoms with Crippen molar-refractivity contribution in [3.63, 3.8) is 0 Å². The lowest BCUT2D eigenvalue weighted by atomic mass is 10.2. The molecule has 0 aliphatic heterocycles. The first-order valence-electron chi connectivity index (χ1n) is 3.91. The van der Waals surface area contributed by atoms with Gasteiger partial charge in [-0.2, -0.15) is 0 Å². The maximum atomic E-state index is 5.35. The van der Waals surface area contributed by atoms with Crippen LogP contribution in [0.15, 0.2) is 12.4 Å². The second-order valence-electron chi connectivity index (χ2n) is 3.10. The van der Waals surface area contributed by atoms with Crippen LogP contribution in [0.25, 0.3) is 0 Å². The van der Waals surface area contributed by atoms with E-state index in [4.69, 9.17) is 5.73 Å². The lowest BCUT2D eigenvalue weighted by Gasteiger charge is -1.96. The highest BCUT2D eigenvalue weighted by Gasteiger charge is 2.21. The molecule has 0 spiro atoms. The fraction of sp³-hybridized carbons (Fsp3) is 0.500. The molecular weight excluding hydrogens is 138 g/mol. The van der Waals surface area contributed by atoms with Gasteiger partial charge in [-0.05, 0) is 30.7 Å². The topological polar surface area (TPSA) is 51.8 Å². The number of nitrogens with two attached hydrogens (primary N) is 1. The Labute approximate surface area is 65.7 Å². The van der Waals surface area contributed by atoms with Gasteiger partial charge in [-0.3, -0.25) is 0 Å². The normalized spacial score (nSPS) is 16.7. The molecule has 2 N–H and O–H groups in total. The van der Waals surface area contributed by atoms with Gasteiger partial charge in [0, 0.05) is 12.4 Å². The van der Waals surface area contributed by atoms with E-state index in [2.05, 4.69) is 9.97 Å². The fourth-order valence-electron chi connectivity index (χ4n) is 1.13. The Hall–Kier alpha value is -1.12. The third-order valence-electron chi connectivity index (χ3n) is 1.95. The summed E-state index contributed by atoms with van der Waals surface area (Å²) in [7, 11) is 0. The molecule has 2 rings (SSSR count). The lowest BCUT2D eigenvalue weighted by molar-refractivity contribution is 0.821. The van der Waals surface area contributed by atoms with Gasteiger partial charge in [0.2, 0.25) is 5.95 Å². The number of rotatable bonds is 2. The number of aromatic nitrogens is 2. The molecule has 0 unspecified atom stereocenters. The summed E-state index contributed by atoms with van der Waals surface area (Å²) in [6.45, 7) is 0. The average molecular weight is 149 g/mol. The quantitative estimate of drug-likeness (QED) is 0.682. The van der Waals surface area contributed by atoms with Crippen molar-refractivity contribution >= 4 is 5.95 Å². The number of nitrogen functional groups attached to an aromatic ring is 1. The molecule has 1 aliphatic rings. The molecule has 0 atom stereocenters.